The third-order valence-electron chi connectivity index (χ3n) is 4.91. The van der Waals surface area contributed by atoms with Crippen molar-refractivity contribution in [3.05, 3.63) is 0 Å². The highest BCUT2D eigenvalue weighted by molar-refractivity contribution is 4.73. The fourth-order valence-electron chi connectivity index (χ4n) is 3.36. The van der Waals surface area contributed by atoms with Crippen LogP contribution >= 0.6 is 0 Å². The number of hydrogen-bond donors (Lipinski definition) is 0. The van der Waals surface area contributed by atoms with Crippen LogP contribution in [0.1, 0.15) is 119 Å². The van der Waals surface area contributed by atoms with Crippen molar-refractivity contribution in [2.24, 2.45) is 17.8 Å². The molecule has 1 aliphatic rings. The lowest BCUT2D eigenvalue weighted by molar-refractivity contribution is 0.315. The third kappa shape index (κ3) is 13.4. The standard InChI is InChI=1S/C17H34.2C2H6/c1-4-5-6-7-8-9-12-17-13-10-11-15(2)16(3)14-17;2*1-2/h15-17H,4-14H2,1-3H3;2*1-2H3. The van der Waals surface area contributed by atoms with Crippen LogP contribution in [0.2, 0.25) is 0 Å². The summed E-state index contributed by atoms with van der Waals surface area (Å²) in [6.07, 6.45) is 16.3. The van der Waals surface area contributed by atoms with Gasteiger partial charge in [0.05, 0.1) is 0 Å². The van der Waals surface area contributed by atoms with Gasteiger partial charge in [-0.25, -0.2) is 0 Å². The van der Waals surface area contributed by atoms with Gasteiger partial charge in [0.15, 0.2) is 0 Å². The van der Waals surface area contributed by atoms with Crippen molar-refractivity contribution in [3.8, 4) is 0 Å². The molecule has 1 rings (SSSR count). The summed E-state index contributed by atoms with van der Waals surface area (Å²) in [5, 5.41) is 0. The summed E-state index contributed by atoms with van der Waals surface area (Å²) in [5.74, 6) is 3.01. The van der Waals surface area contributed by atoms with E-state index in [0.717, 1.165) is 17.8 Å². The summed E-state index contributed by atoms with van der Waals surface area (Å²) < 4.78 is 0. The number of hydrogen-bond acceptors (Lipinski definition) is 0. The summed E-state index contributed by atoms with van der Waals surface area (Å²) in [6, 6.07) is 0. The average molecular weight is 299 g/mol. The van der Waals surface area contributed by atoms with E-state index >= 15 is 0 Å². The molecule has 0 saturated heterocycles. The molecule has 130 valence electrons. The Kier molecular flexibility index (Phi) is 20.0. The second-order valence-electron chi connectivity index (χ2n) is 6.54. The first-order valence-electron chi connectivity index (χ1n) is 10.2. The molecule has 1 fully saturated rings. The lowest BCUT2D eigenvalue weighted by Crippen LogP contribution is -2.09. The lowest BCUT2D eigenvalue weighted by atomic mass is 9.86. The summed E-state index contributed by atoms with van der Waals surface area (Å²) in [6.45, 7) is 15.2. The minimum absolute atomic E-state index is 0.975. The molecule has 0 radical (unpaired) electrons. The molecule has 0 aromatic heterocycles. The highest BCUT2D eigenvalue weighted by Crippen LogP contribution is 2.34. The Morgan fingerprint density at radius 3 is 1.90 bits per heavy atom. The van der Waals surface area contributed by atoms with Gasteiger partial charge in [-0.1, -0.05) is 113 Å². The molecule has 3 atom stereocenters. The monoisotopic (exact) mass is 298 g/mol. The second-order valence-corrected chi connectivity index (χ2v) is 6.54. The first-order valence-corrected chi connectivity index (χ1v) is 10.2. The Morgan fingerprint density at radius 1 is 0.714 bits per heavy atom. The van der Waals surface area contributed by atoms with Crippen LogP contribution in [0.15, 0.2) is 0 Å². The molecular formula is C21H46. The Balaban J connectivity index is 0. The van der Waals surface area contributed by atoms with Crippen LogP contribution in [0.3, 0.4) is 0 Å². The lowest BCUT2D eigenvalue weighted by Gasteiger charge is -2.20. The minimum Gasteiger partial charge on any atom is -0.0683 e. The zero-order valence-electron chi connectivity index (χ0n) is 16.5. The molecule has 0 N–H and O–H groups in total. The summed E-state index contributed by atoms with van der Waals surface area (Å²) >= 11 is 0. The van der Waals surface area contributed by atoms with Gasteiger partial charge in [0.2, 0.25) is 0 Å². The summed E-state index contributed by atoms with van der Waals surface area (Å²) in [5.41, 5.74) is 0. The maximum absolute atomic E-state index is 2.48. The zero-order chi connectivity index (χ0) is 16.5. The SMILES string of the molecule is CC.CC.CCCCCCCCC1CCCC(C)C(C)C1. The van der Waals surface area contributed by atoms with Crippen LogP contribution in [0, 0.1) is 17.8 Å². The smallest absolute Gasteiger partial charge is 0.0412 e. The van der Waals surface area contributed by atoms with Crippen LogP contribution in [-0.4, -0.2) is 0 Å². The molecule has 0 aromatic carbocycles. The van der Waals surface area contributed by atoms with Gasteiger partial charge in [0, 0.05) is 0 Å². The van der Waals surface area contributed by atoms with E-state index < -0.39 is 0 Å². The van der Waals surface area contributed by atoms with E-state index in [9.17, 15) is 0 Å². The molecule has 0 aromatic rings. The van der Waals surface area contributed by atoms with Crippen molar-refractivity contribution in [2.75, 3.05) is 0 Å². The molecule has 1 aliphatic carbocycles. The second kappa shape index (κ2) is 18.1. The predicted molar refractivity (Wildman–Crippen MR) is 101 cm³/mol. The molecule has 0 aliphatic heterocycles. The van der Waals surface area contributed by atoms with Crippen LogP contribution < -0.4 is 0 Å². The maximum atomic E-state index is 2.48. The average Bonchev–Trinajstić information content (AvgIpc) is 2.69. The molecule has 1 saturated carbocycles. The topological polar surface area (TPSA) is 0 Å². The molecule has 21 heavy (non-hydrogen) atoms. The molecule has 0 nitrogen and oxygen atoms in total. The third-order valence-corrected chi connectivity index (χ3v) is 4.91. The molecule has 0 spiro atoms. The van der Waals surface area contributed by atoms with E-state index in [1.54, 1.807) is 0 Å². The van der Waals surface area contributed by atoms with E-state index in [1.807, 2.05) is 27.7 Å². The van der Waals surface area contributed by atoms with Crippen molar-refractivity contribution < 1.29 is 0 Å². The van der Waals surface area contributed by atoms with Gasteiger partial charge in [-0.05, 0) is 24.2 Å². The normalized spacial score (nSPS) is 25.0. The molecule has 0 amide bonds. The zero-order valence-corrected chi connectivity index (χ0v) is 16.5. The summed E-state index contributed by atoms with van der Waals surface area (Å²) in [4.78, 5) is 0. The van der Waals surface area contributed by atoms with E-state index in [2.05, 4.69) is 20.8 Å². The molecule has 0 heterocycles. The largest absolute Gasteiger partial charge is 0.0683 e. The van der Waals surface area contributed by atoms with Gasteiger partial charge in [0.1, 0.15) is 0 Å². The van der Waals surface area contributed by atoms with E-state index in [1.165, 1.54) is 70.6 Å². The van der Waals surface area contributed by atoms with Gasteiger partial charge < -0.3 is 0 Å². The fourth-order valence-corrected chi connectivity index (χ4v) is 3.36. The van der Waals surface area contributed by atoms with E-state index in [0.29, 0.717) is 0 Å². The van der Waals surface area contributed by atoms with Crippen molar-refractivity contribution in [1.29, 1.82) is 0 Å². The van der Waals surface area contributed by atoms with Crippen molar-refractivity contribution in [1.82, 2.24) is 0 Å². The Bertz CT molecular complexity index is 173. The first-order chi connectivity index (χ1) is 10.2. The predicted octanol–water partition coefficient (Wildman–Crippen LogP) is 8.25. The van der Waals surface area contributed by atoms with Gasteiger partial charge in [0.25, 0.3) is 0 Å². The number of unbranched alkanes of at least 4 members (excludes halogenated alkanes) is 5. The summed E-state index contributed by atoms with van der Waals surface area (Å²) in [7, 11) is 0. The van der Waals surface area contributed by atoms with Gasteiger partial charge >= 0.3 is 0 Å². The maximum Gasteiger partial charge on any atom is -0.0412 e. The van der Waals surface area contributed by atoms with E-state index in [-0.39, 0.29) is 0 Å². The van der Waals surface area contributed by atoms with Crippen LogP contribution in [0.25, 0.3) is 0 Å². The molecule has 0 bridgehead atoms. The number of rotatable bonds is 7. The van der Waals surface area contributed by atoms with Crippen LogP contribution in [-0.2, 0) is 0 Å². The quantitative estimate of drug-likeness (QED) is 0.328. The molecular weight excluding hydrogens is 252 g/mol. The van der Waals surface area contributed by atoms with Crippen LogP contribution in [0.5, 0.6) is 0 Å². The first kappa shape index (κ1) is 23.3. The van der Waals surface area contributed by atoms with Gasteiger partial charge in [-0.3, -0.25) is 0 Å². The van der Waals surface area contributed by atoms with Crippen molar-refractivity contribution >= 4 is 0 Å². The minimum atomic E-state index is 0.975. The van der Waals surface area contributed by atoms with Crippen molar-refractivity contribution in [2.45, 2.75) is 119 Å². The highest BCUT2D eigenvalue weighted by atomic mass is 14.3. The van der Waals surface area contributed by atoms with Gasteiger partial charge in [-0.2, -0.15) is 0 Å². The van der Waals surface area contributed by atoms with Gasteiger partial charge in [-0.15, -0.1) is 0 Å². The highest BCUT2D eigenvalue weighted by Gasteiger charge is 2.21. The van der Waals surface area contributed by atoms with E-state index in [4.69, 9.17) is 0 Å². The van der Waals surface area contributed by atoms with Crippen LogP contribution in [0.4, 0.5) is 0 Å². The fraction of sp³-hybridized carbons (Fsp3) is 1.00. The molecule has 3 unspecified atom stereocenters. The van der Waals surface area contributed by atoms with Crippen molar-refractivity contribution in [3.63, 3.8) is 0 Å². The molecule has 0 heteroatoms. The Morgan fingerprint density at radius 2 is 1.29 bits per heavy atom. The Labute approximate surface area is 137 Å². The Hall–Kier alpha value is 0.